The van der Waals surface area contributed by atoms with Crippen molar-refractivity contribution >= 4 is 5.91 Å². The molecule has 0 aromatic heterocycles. The standard InChI is InChI=1S/C15H20FNO2/c1-10-8-12(16)4-7-14(10)15(19)17-9-11-2-5-13(18)6-3-11/h4,7-8,11,13,18H,2-3,5-6,9H2,1H3,(H,17,19). The van der Waals surface area contributed by atoms with Crippen molar-refractivity contribution < 1.29 is 14.3 Å². The van der Waals surface area contributed by atoms with Crippen molar-refractivity contribution in [3.63, 3.8) is 0 Å². The van der Waals surface area contributed by atoms with E-state index < -0.39 is 0 Å². The van der Waals surface area contributed by atoms with Gasteiger partial charge in [-0.1, -0.05) is 0 Å². The maximum absolute atomic E-state index is 13.0. The van der Waals surface area contributed by atoms with Gasteiger partial charge in [-0.2, -0.15) is 0 Å². The molecule has 1 fully saturated rings. The second-order valence-electron chi connectivity index (χ2n) is 5.34. The van der Waals surface area contributed by atoms with Crippen molar-refractivity contribution in [2.75, 3.05) is 6.54 Å². The van der Waals surface area contributed by atoms with E-state index in [1.165, 1.54) is 18.2 Å². The Bertz CT molecular complexity index is 453. The summed E-state index contributed by atoms with van der Waals surface area (Å²) in [5.74, 6) is -0.0351. The van der Waals surface area contributed by atoms with Gasteiger partial charge in [-0.15, -0.1) is 0 Å². The highest BCUT2D eigenvalue weighted by Gasteiger charge is 2.20. The summed E-state index contributed by atoms with van der Waals surface area (Å²) in [4.78, 5) is 12.0. The Balaban J connectivity index is 1.87. The minimum absolute atomic E-state index is 0.149. The third-order valence-corrected chi connectivity index (χ3v) is 3.80. The van der Waals surface area contributed by atoms with Crippen molar-refractivity contribution in [2.24, 2.45) is 5.92 Å². The van der Waals surface area contributed by atoms with Gasteiger partial charge >= 0.3 is 0 Å². The van der Waals surface area contributed by atoms with Gasteiger partial charge in [0.15, 0.2) is 0 Å². The first-order valence-electron chi connectivity index (χ1n) is 6.78. The molecule has 0 saturated heterocycles. The van der Waals surface area contributed by atoms with Gasteiger partial charge in [0.25, 0.3) is 5.91 Å². The molecule has 1 aromatic rings. The van der Waals surface area contributed by atoms with Gasteiger partial charge in [0.2, 0.25) is 0 Å². The SMILES string of the molecule is Cc1cc(F)ccc1C(=O)NCC1CCC(O)CC1. The zero-order valence-corrected chi connectivity index (χ0v) is 11.2. The number of hydrogen-bond donors (Lipinski definition) is 2. The highest BCUT2D eigenvalue weighted by atomic mass is 19.1. The number of benzene rings is 1. The van der Waals surface area contributed by atoms with Crippen molar-refractivity contribution in [2.45, 2.75) is 38.7 Å². The average molecular weight is 265 g/mol. The molecular weight excluding hydrogens is 245 g/mol. The fraction of sp³-hybridized carbons (Fsp3) is 0.533. The number of carbonyl (C=O) groups excluding carboxylic acids is 1. The summed E-state index contributed by atoms with van der Waals surface area (Å²) in [6.07, 6.45) is 3.35. The van der Waals surface area contributed by atoms with Gasteiger partial charge in [0.05, 0.1) is 6.10 Å². The van der Waals surface area contributed by atoms with E-state index in [4.69, 9.17) is 0 Å². The van der Waals surface area contributed by atoms with Gasteiger partial charge in [-0.05, 0) is 62.3 Å². The molecule has 0 unspecified atom stereocenters. The Hall–Kier alpha value is -1.42. The highest BCUT2D eigenvalue weighted by molar-refractivity contribution is 5.95. The lowest BCUT2D eigenvalue weighted by Gasteiger charge is -2.25. The molecule has 1 aromatic carbocycles. The van der Waals surface area contributed by atoms with Crippen molar-refractivity contribution in [1.29, 1.82) is 0 Å². The number of halogens is 1. The Kier molecular flexibility index (Phi) is 4.53. The Morgan fingerprint density at radius 3 is 2.68 bits per heavy atom. The lowest BCUT2D eigenvalue weighted by atomic mass is 9.87. The predicted octanol–water partition coefficient (Wildman–Crippen LogP) is 2.42. The van der Waals surface area contributed by atoms with Crippen LogP contribution in [0.2, 0.25) is 0 Å². The number of aryl methyl sites for hydroxylation is 1. The zero-order valence-electron chi connectivity index (χ0n) is 11.2. The zero-order chi connectivity index (χ0) is 13.8. The molecule has 4 heteroatoms. The van der Waals surface area contributed by atoms with Crippen LogP contribution in [0.15, 0.2) is 18.2 Å². The first kappa shape index (κ1) is 14.0. The number of aliphatic hydroxyl groups excluding tert-OH is 1. The summed E-state index contributed by atoms with van der Waals surface area (Å²) in [6.45, 7) is 2.36. The summed E-state index contributed by atoms with van der Waals surface area (Å²) in [7, 11) is 0. The Labute approximate surface area is 112 Å². The molecule has 19 heavy (non-hydrogen) atoms. The molecule has 0 heterocycles. The Morgan fingerprint density at radius 1 is 1.37 bits per heavy atom. The van der Waals surface area contributed by atoms with E-state index in [0.29, 0.717) is 23.6 Å². The lowest BCUT2D eigenvalue weighted by Crippen LogP contribution is -2.32. The van der Waals surface area contributed by atoms with Crippen LogP contribution < -0.4 is 5.32 Å². The lowest BCUT2D eigenvalue weighted by molar-refractivity contribution is 0.0909. The third-order valence-electron chi connectivity index (χ3n) is 3.80. The maximum atomic E-state index is 13.0. The minimum Gasteiger partial charge on any atom is -0.393 e. The fourth-order valence-electron chi connectivity index (χ4n) is 2.56. The largest absolute Gasteiger partial charge is 0.393 e. The number of aliphatic hydroxyl groups is 1. The number of hydrogen-bond acceptors (Lipinski definition) is 2. The number of amides is 1. The van der Waals surface area contributed by atoms with E-state index in [-0.39, 0.29) is 17.8 Å². The van der Waals surface area contributed by atoms with Gasteiger partial charge in [0, 0.05) is 12.1 Å². The number of rotatable bonds is 3. The van der Waals surface area contributed by atoms with Gasteiger partial charge in [-0.3, -0.25) is 4.79 Å². The molecule has 3 nitrogen and oxygen atoms in total. The first-order chi connectivity index (χ1) is 9.06. The normalized spacial score (nSPS) is 23.1. The van der Waals surface area contributed by atoms with Crippen molar-refractivity contribution in [3.05, 3.63) is 35.1 Å². The Morgan fingerprint density at radius 2 is 2.05 bits per heavy atom. The van der Waals surface area contributed by atoms with Crippen molar-refractivity contribution in [1.82, 2.24) is 5.32 Å². The van der Waals surface area contributed by atoms with Gasteiger partial charge in [0.1, 0.15) is 5.82 Å². The fourth-order valence-corrected chi connectivity index (χ4v) is 2.56. The molecular formula is C15H20FNO2. The van der Waals surface area contributed by atoms with Crippen LogP contribution in [-0.4, -0.2) is 23.7 Å². The maximum Gasteiger partial charge on any atom is 0.251 e. The first-order valence-corrected chi connectivity index (χ1v) is 6.78. The van der Waals surface area contributed by atoms with Crippen LogP contribution in [0.3, 0.4) is 0 Å². The van der Waals surface area contributed by atoms with Crippen molar-refractivity contribution in [3.8, 4) is 0 Å². The highest BCUT2D eigenvalue weighted by Crippen LogP contribution is 2.23. The average Bonchev–Trinajstić information content (AvgIpc) is 2.37. The monoisotopic (exact) mass is 265 g/mol. The van der Waals surface area contributed by atoms with E-state index >= 15 is 0 Å². The van der Waals surface area contributed by atoms with Crippen LogP contribution in [0, 0.1) is 18.7 Å². The molecule has 1 amide bonds. The molecule has 2 rings (SSSR count). The van der Waals surface area contributed by atoms with Crippen LogP contribution in [0.1, 0.15) is 41.6 Å². The summed E-state index contributed by atoms with van der Waals surface area (Å²) in [5, 5.41) is 12.3. The molecule has 2 N–H and O–H groups in total. The molecule has 104 valence electrons. The molecule has 0 radical (unpaired) electrons. The van der Waals surface area contributed by atoms with Crippen LogP contribution in [0.25, 0.3) is 0 Å². The van der Waals surface area contributed by atoms with E-state index in [1.807, 2.05) is 0 Å². The van der Waals surface area contributed by atoms with Gasteiger partial charge < -0.3 is 10.4 Å². The quantitative estimate of drug-likeness (QED) is 0.881. The van der Waals surface area contributed by atoms with E-state index in [2.05, 4.69) is 5.32 Å². The topological polar surface area (TPSA) is 49.3 Å². The molecule has 0 atom stereocenters. The summed E-state index contributed by atoms with van der Waals surface area (Å²) in [5.41, 5.74) is 1.17. The number of carbonyl (C=O) groups is 1. The third kappa shape index (κ3) is 3.77. The van der Waals surface area contributed by atoms with E-state index in [9.17, 15) is 14.3 Å². The summed E-state index contributed by atoms with van der Waals surface area (Å²) < 4.78 is 13.0. The second-order valence-corrected chi connectivity index (χ2v) is 5.34. The molecule has 1 aliphatic carbocycles. The molecule has 0 spiro atoms. The molecule has 0 aliphatic heterocycles. The summed E-state index contributed by atoms with van der Waals surface area (Å²) >= 11 is 0. The van der Waals surface area contributed by atoms with Crippen LogP contribution in [0.5, 0.6) is 0 Å². The predicted molar refractivity (Wildman–Crippen MR) is 71.4 cm³/mol. The number of nitrogens with one attached hydrogen (secondary N) is 1. The van der Waals surface area contributed by atoms with Gasteiger partial charge in [-0.25, -0.2) is 4.39 Å². The minimum atomic E-state index is -0.324. The van der Waals surface area contributed by atoms with E-state index in [1.54, 1.807) is 6.92 Å². The van der Waals surface area contributed by atoms with Crippen LogP contribution in [0.4, 0.5) is 4.39 Å². The molecule has 0 bridgehead atoms. The van der Waals surface area contributed by atoms with E-state index in [0.717, 1.165) is 25.7 Å². The smallest absolute Gasteiger partial charge is 0.251 e. The molecule has 1 aliphatic rings. The second kappa shape index (κ2) is 6.15. The molecule has 1 saturated carbocycles. The van der Waals surface area contributed by atoms with Crippen LogP contribution >= 0.6 is 0 Å². The summed E-state index contributed by atoms with van der Waals surface area (Å²) in [6, 6.07) is 4.19. The van der Waals surface area contributed by atoms with Crippen LogP contribution in [-0.2, 0) is 0 Å².